The standard InChI is InChI=1S/C16H33N/c1-4-6-7-8-11-16(3,10-5-2)13-15-9-12-17-14-15/h15,17H,4-14H2,1-3H3. The third kappa shape index (κ3) is 5.90. The van der Waals surface area contributed by atoms with Gasteiger partial charge in [-0.05, 0) is 50.1 Å². The van der Waals surface area contributed by atoms with Crippen LogP contribution in [0.4, 0.5) is 0 Å². The van der Waals surface area contributed by atoms with E-state index in [0.29, 0.717) is 5.41 Å². The second kappa shape index (κ2) is 8.13. The van der Waals surface area contributed by atoms with E-state index in [2.05, 4.69) is 26.1 Å². The van der Waals surface area contributed by atoms with Crippen molar-refractivity contribution in [2.24, 2.45) is 11.3 Å². The van der Waals surface area contributed by atoms with E-state index in [1.165, 1.54) is 70.9 Å². The van der Waals surface area contributed by atoms with Crippen molar-refractivity contribution in [3.05, 3.63) is 0 Å². The summed E-state index contributed by atoms with van der Waals surface area (Å²) in [6, 6.07) is 0. The van der Waals surface area contributed by atoms with E-state index in [9.17, 15) is 0 Å². The van der Waals surface area contributed by atoms with Crippen LogP contribution in [0, 0.1) is 11.3 Å². The van der Waals surface area contributed by atoms with Gasteiger partial charge in [0.15, 0.2) is 0 Å². The van der Waals surface area contributed by atoms with Crippen molar-refractivity contribution in [1.82, 2.24) is 5.32 Å². The minimum atomic E-state index is 0.624. The van der Waals surface area contributed by atoms with Crippen LogP contribution >= 0.6 is 0 Å². The van der Waals surface area contributed by atoms with Crippen molar-refractivity contribution in [2.75, 3.05) is 13.1 Å². The number of rotatable bonds is 9. The third-order valence-corrected chi connectivity index (χ3v) is 4.43. The van der Waals surface area contributed by atoms with Gasteiger partial charge >= 0.3 is 0 Å². The molecule has 102 valence electrons. The highest BCUT2D eigenvalue weighted by molar-refractivity contribution is 4.81. The summed E-state index contributed by atoms with van der Waals surface area (Å²) in [5.74, 6) is 0.956. The molecule has 1 aliphatic heterocycles. The smallest absolute Gasteiger partial charge is 0.00198 e. The number of hydrogen-bond acceptors (Lipinski definition) is 1. The molecule has 1 saturated heterocycles. The highest BCUT2D eigenvalue weighted by Gasteiger charge is 2.28. The van der Waals surface area contributed by atoms with Gasteiger partial charge in [-0.1, -0.05) is 52.9 Å². The average molecular weight is 239 g/mol. The molecule has 2 atom stereocenters. The molecule has 0 amide bonds. The molecular weight excluding hydrogens is 206 g/mol. The van der Waals surface area contributed by atoms with Crippen molar-refractivity contribution in [3.63, 3.8) is 0 Å². The monoisotopic (exact) mass is 239 g/mol. The maximum Gasteiger partial charge on any atom is -0.00198 e. The van der Waals surface area contributed by atoms with Gasteiger partial charge in [-0.2, -0.15) is 0 Å². The Labute approximate surface area is 109 Å². The summed E-state index contributed by atoms with van der Waals surface area (Å²) >= 11 is 0. The SMILES string of the molecule is CCCCCCC(C)(CCC)CC1CCNC1. The van der Waals surface area contributed by atoms with Gasteiger partial charge in [0.05, 0.1) is 0 Å². The van der Waals surface area contributed by atoms with Crippen LogP contribution in [0.5, 0.6) is 0 Å². The van der Waals surface area contributed by atoms with Crippen LogP contribution in [-0.4, -0.2) is 13.1 Å². The Morgan fingerprint density at radius 1 is 1.06 bits per heavy atom. The van der Waals surface area contributed by atoms with Gasteiger partial charge in [-0.15, -0.1) is 0 Å². The van der Waals surface area contributed by atoms with E-state index in [4.69, 9.17) is 0 Å². The van der Waals surface area contributed by atoms with Gasteiger partial charge < -0.3 is 5.32 Å². The Bertz CT molecular complexity index is 184. The average Bonchev–Trinajstić information content (AvgIpc) is 2.77. The lowest BCUT2D eigenvalue weighted by Gasteiger charge is -2.32. The van der Waals surface area contributed by atoms with Crippen molar-refractivity contribution in [2.45, 2.75) is 78.6 Å². The first-order valence-corrected chi connectivity index (χ1v) is 7.91. The van der Waals surface area contributed by atoms with E-state index >= 15 is 0 Å². The first-order chi connectivity index (χ1) is 8.20. The molecule has 1 heteroatoms. The Balaban J connectivity index is 2.31. The molecule has 0 aromatic heterocycles. The van der Waals surface area contributed by atoms with Crippen molar-refractivity contribution in [3.8, 4) is 0 Å². The number of nitrogens with one attached hydrogen (secondary N) is 1. The lowest BCUT2D eigenvalue weighted by Crippen LogP contribution is -2.22. The fourth-order valence-corrected chi connectivity index (χ4v) is 3.50. The van der Waals surface area contributed by atoms with Crippen molar-refractivity contribution < 1.29 is 0 Å². The lowest BCUT2D eigenvalue weighted by molar-refractivity contribution is 0.201. The maximum atomic E-state index is 3.51. The Hall–Kier alpha value is -0.0400. The van der Waals surface area contributed by atoms with Crippen LogP contribution in [0.3, 0.4) is 0 Å². The number of hydrogen-bond donors (Lipinski definition) is 1. The predicted molar refractivity (Wildman–Crippen MR) is 77.4 cm³/mol. The molecule has 2 unspecified atom stereocenters. The third-order valence-electron chi connectivity index (χ3n) is 4.43. The summed E-state index contributed by atoms with van der Waals surface area (Å²) in [5.41, 5.74) is 0.624. The summed E-state index contributed by atoms with van der Waals surface area (Å²) in [4.78, 5) is 0. The molecule has 0 aliphatic carbocycles. The molecule has 0 aromatic carbocycles. The zero-order chi connectivity index (χ0) is 12.6. The highest BCUT2D eigenvalue weighted by Crippen LogP contribution is 2.38. The molecule has 0 spiro atoms. The molecule has 1 N–H and O–H groups in total. The van der Waals surface area contributed by atoms with Gasteiger partial charge in [0.1, 0.15) is 0 Å². The van der Waals surface area contributed by atoms with Gasteiger partial charge in [0, 0.05) is 0 Å². The fourth-order valence-electron chi connectivity index (χ4n) is 3.50. The van der Waals surface area contributed by atoms with Crippen LogP contribution in [-0.2, 0) is 0 Å². The highest BCUT2D eigenvalue weighted by atomic mass is 14.9. The van der Waals surface area contributed by atoms with Crippen LogP contribution in [0.15, 0.2) is 0 Å². The zero-order valence-electron chi connectivity index (χ0n) is 12.4. The molecule has 1 nitrogen and oxygen atoms in total. The fraction of sp³-hybridized carbons (Fsp3) is 1.00. The van der Waals surface area contributed by atoms with E-state index in [0.717, 1.165) is 5.92 Å². The molecule has 0 bridgehead atoms. The largest absolute Gasteiger partial charge is 0.316 e. The first-order valence-electron chi connectivity index (χ1n) is 7.91. The molecular formula is C16H33N. The summed E-state index contributed by atoms with van der Waals surface area (Å²) < 4.78 is 0. The van der Waals surface area contributed by atoms with E-state index in [-0.39, 0.29) is 0 Å². The molecule has 1 heterocycles. The number of unbranched alkanes of at least 4 members (excludes halogenated alkanes) is 3. The molecule has 17 heavy (non-hydrogen) atoms. The quantitative estimate of drug-likeness (QED) is 0.572. The Morgan fingerprint density at radius 2 is 1.88 bits per heavy atom. The minimum Gasteiger partial charge on any atom is -0.316 e. The molecule has 1 fully saturated rings. The maximum absolute atomic E-state index is 3.51. The van der Waals surface area contributed by atoms with Crippen molar-refractivity contribution >= 4 is 0 Å². The molecule has 1 aliphatic rings. The zero-order valence-corrected chi connectivity index (χ0v) is 12.4. The normalized spacial score (nSPS) is 23.8. The Kier molecular flexibility index (Phi) is 7.18. The molecule has 0 radical (unpaired) electrons. The van der Waals surface area contributed by atoms with Crippen LogP contribution < -0.4 is 5.32 Å². The van der Waals surface area contributed by atoms with Crippen LogP contribution in [0.1, 0.15) is 78.6 Å². The lowest BCUT2D eigenvalue weighted by atomic mass is 9.74. The topological polar surface area (TPSA) is 12.0 Å². The second-order valence-corrected chi connectivity index (χ2v) is 6.43. The summed E-state index contributed by atoms with van der Waals surface area (Å²) in [5, 5.41) is 3.51. The molecule has 0 saturated carbocycles. The summed E-state index contributed by atoms with van der Waals surface area (Å²) in [7, 11) is 0. The van der Waals surface area contributed by atoms with E-state index < -0.39 is 0 Å². The first kappa shape index (κ1) is 15.0. The van der Waals surface area contributed by atoms with Crippen molar-refractivity contribution in [1.29, 1.82) is 0 Å². The van der Waals surface area contributed by atoms with E-state index in [1.807, 2.05) is 0 Å². The van der Waals surface area contributed by atoms with Crippen LogP contribution in [0.2, 0.25) is 0 Å². The minimum absolute atomic E-state index is 0.624. The molecule has 0 aromatic rings. The van der Waals surface area contributed by atoms with E-state index in [1.54, 1.807) is 0 Å². The molecule has 1 rings (SSSR count). The van der Waals surface area contributed by atoms with Gasteiger partial charge in [-0.3, -0.25) is 0 Å². The van der Waals surface area contributed by atoms with Crippen LogP contribution in [0.25, 0.3) is 0 Å². The second-order valence-electron chi connectivity index (χ2n) is 6.43. The Morgan fingerprint density at radius 3 is 2.47 bits per heavy atom. The van der Waals surface area contributed by atoms with Gasteiger partial charge in [-0.25, -0.2) is 0 Å². The predicted octanol–water partition coefficient (Wildman–Crippen LogP) is 4.76. The summed E-state index contributed by atoms with van der Waals surface area (Å²) in [6.45, 7) is 9.71. The summed E-state index contributed by atoms with van der Waals surface area (Å²) in [6.07, 6.45) is 12.8. The van der Waals surface area contributed by atoms with Gasteiger partial charge in [0.2, 0.25) is 0 Å². The van der Waals surface area contributed by atoms with Gasteiger partial charge in [0.25, 0.3) is 0 Å².